The van der Waals surface area contributed by atoms with E-state index in [1.165, 1.54) is 6.42 Å². The summed E-state index contributed by atoms with van der Waals surface area (Å²) in [4.78, 5) is 4.24. The molecule has 0 amide bonds. The normalized spacial score (nSPS) is 25.4. The first-order valence-electron chi connectivity index (χ1n) is 5.49. The Morgan fingerprint density at radius 2 is 2.38 bits per heavy atom. The Kier molecular flexibility index (Phi) is 2.19. The van der Waals surface area contributed by atoms with Gasteiger partial charge in [0, 0.05) is 6.07 Å². The van der Waals surface area contributed by atoms with E-state index >= 15 is 0 Å². The monoisotopic (exact) mass is 236 g/mol. The average molecular weight is 237 g/mol. The molecule has 2 aromatic heterocycles. The number of hydrogen-bond donors (Lipinski definition) is 1. The maximum atomic E-state index is 5.85. The van der Waals surface area contributed by atoms with Gasteiger partial charge in [-0.25, -0.2) is 4.98 Å². The van der Waals surface area contributed by atoms with E-state index in [0.717, 1.165) is 29.8 Å². The lowest BCUT2D eigenvalue weighted by atomic mass is 9.97. The van der Waals surface area contributed by atoms with Gasteiger partial charge in [-0.1, -0.05) is 11.6 Å². The van der Waals surface area contributed by atoms with Gasteiger partial charge in [-0.15, -0.1) is 0 Å². The largest absolute Gasteiger partial charge is 0.457 e. The molecule has 0 saturated carbocycles. The van der Waals surface area contributed by atoms with Crippen molar-refractivity contribution >= 4 is 22.7 Å². The van der Waals surface area contributed by atoms with Gasteiger partial charge in [-0.2, -0.15) is 0 Å². The fourth-order valence-corrected chi connectivity index (χ4v) is 2.43. The van der Waals surface area contributed by atoms with Gasteiger partial charge < -0.3 is 9.73 Å². The summed E-state index contributed by atoms with van der Waals surface area (Å²) in [6.07, 6.45) is 2.28. The molecule has 1 N–H and O–H groups in total. The van der Waals surface area contributed by atoms with Crippen LogP contribution in [0.2, 0.25) is 5.15 Å². The van der Waals surface area contributed by atoms with Crippen LogP contribution in [0.25, 0.3) is 11.1 Å². The Labute approximate surface area is 98.8 Å². The van der Waals surface area contributed by atoms with Gasteiger partial charge in [0.05, 0.1) is 5.54 Å². The molecule has 0 bridgehead atoms. The van der Waals surface area contributed by atoms with E-state index in [9.17, 15) is 0 Å². The van der Waals surface area contributed by atoms with Crippen LogP contribution in [0.15, 0.2) is 22.6 Å². The van der Waals surface area contributed by atoms with Gasteiger partial charge in [0.2, 0.25) is 0 Å². The topological polar surface area (TPSA) is 38.1 Å². The van der Waals surface area contributed by atoms with E-state index < -0.39 is 0 Å². The number of furan rings is 1. The summed E-state index contributed by atoms with van der Waals surface area (Å²) in [5.41, 5.74) is 1.58. The zero-order valence-electron chi connectivity index (χ0n) is 9.09. The first-order chi connectivity index (χ1) is 7.67. The highest BCUT2D eigenvalue weighted by molar-refractivity contribution is 6.29. The predicted molar refractivity (Wildman–Crippen MR) is 63.6 cm³/mol. The molecule has 0 spiro atoms. The number of nitrogens with zero attached hydrogens (tertiary/aromatic N) is 1. The van der Waals surface area contributed by atoms with Crippen molar-refractivity contribution in [2.45, 2.75) is 25.3 Å². The van der Waals surface area contributed by atoms with Crippen LogP contribution >= 0.6 is 11.6 Å². The zero-order chi connectivity index (χ0) is 11.2. The molecule has 0 aromatic carbocycles. The molecule has 1 fully saturated rings. The Bertz CT molecular complexity index is 529. The van der Waals surface area contributed by atoms with E-state index in [0.29, 0.717) is 5.15 Å². The van der Waals surface area contributed by atoms with Crippen molar-refractivity contribution in [1.82, 2.24) is 10.3 Å². The smallest absolute Gasteiger partial charge is 0.152 e. The van der Waals surface area contributed by atoms with Crippen LogP contribution in [0.4, 0.5) is 0 Å². The highest BCUT2D eigenvalue weighted by atomic mass is 35.5. The fraction of sp³-hybridized carbons (Fsp3) is 0.417. The van der Waals surface area contributed by atoms with E-state index in [2.05, 4.69) is 17.2 Å². The molecule has 84 valence electrons. The lowest BCUT2D eigenvalue weighted by Gasteiger charge is -2.20. The molecule has 3 rings (SSSR count). The maximum Gasteiger partial charge on any atom is 0.152 e. The third-order valence-electron chi connectivity index (χ3n) is 3.25. The molecule has 0 aliphatic carbocycles. The maximum absolute atomic E-state index is 5.85. The van der Waals surface area contributed by atoms with Crippen LogP contribution < -0.4 is 5.32 Å². The number of nitrogens with one attached hydrogen (secondary N) is 1. The Morgan fingerprint density at radius 3 is 3.12 bits per heavy atom. The number of pyridine rings is 1. The molecular weight excluding hydrogens is 224 g/mol. The van der Waals surface area contributed by atoms with E-state index in [-0.39, 0.29) is 5.54 Å². The molecule has 4 heteroatoms. The van der Waals surface area contributed by atoms with Gasteiger partial charge >= 0.3 is 0 Å². The number of aromatic nitrogens is 1. The van der Waals surface area contributed by atoms with Crippen molar-refractivity contribution in [2.24, 2.45) is 0 Å². The Balaban J connectivity index is 2.11. The molecule has 1 aliphatic heterocycles. The van der Waals surface area contributed by atoms with Crippen molar-refractivity contribution < 1.29 is 4.42 Å². The van der Waals surface area contributed by atoms with Crippen molar-refractivity contribution in [3.63, 3.8) is 0 Å². The summed E-state index contributed by atoms with van der Waals surface area (Å²) in [5, 5.41) is 3.97. The fourth-order valence-electron chi connectivity index (χ4n) is 2.28. The summed E-state index contributed by atoms with van der Waals surface area (Å²) >= 11 is 5.85. The second-order valence-corrected chi connectivity index (χ2v) is 4.88. The molecule has 3 heterocycles. The molecule has 0 radical (unpaired) electrons. The standard InChI is InChI=1S/C12H13ClN2O/c1-12(5-2-6-14-12)10-7-8-9(16-10)3-4-11(13)15-8/h3-4,7,14H,2,5-6H2,1H3/t12-/m0/s1. The summed E-state index contributed by atoms with van der Waals surface area (Å²) in [5.74, 6) is 0.953. The highest BCUT2D eigenvalue weighted by Gasteiger charge is 2.33. The van der Waals surface area contributed by atoms with Crippen molar-refractivity contribution in [3.8, 4) is 0 Å². The average Bonchev–Trinajstić information content (AvgIpc) is 2.84. The van der Waals surface area contributed by atoms with E-state index in [4.69, 9.17) is 16.0 Å². The SMILES string of the molecule is C[C@@]1(c2cc3nc(Cl)ccc3o2)CCCN1. The van der Waals surface area contributed by atoms with Gasteiger partial charge in [0.1, 0.15) is 16.4 Å². The molecule has 3 nitrogen and oxygen atoms in total. The van der Waals surface area contributed by atoms with Crippen molar-refractivity contribution in [2.75, 3.05) is 6.54 Å². The van der Waals surface area contributed by atoms with Crippen LogP contribution in [0.3, 0.4) is 0 Å². The molecule has 0 unspecified atom stereocenters. The lowest BCUT2D eigenvalue weighted by Crippen LogP contribution is -2.32. The molecular formula is C12H13ClN2O. The quantitative estimate of drug-likeness (QED) is 0.774. The number of hydrogen-bond acceptors (Lipinski definition) is 3. The lowest BCUT2D eigenvalue weighted by molar-refractivity contribution is 0.346. The van der Waals surface area contributed by atoms with Gasteiger partial charge in [0.15, 0.2) is 5.58 Å². The molecule has 2 aromatic rings. The van der Waals surface area contributed by atoms with Crippen LogP contribution in [0.1, 0.15) is 25.5 Å². The third-order valence-corrected chi connectivity index (χ3v) is 3.46. The summed E-state index contributed by atoms with van der Waals surface area (Å²) in [6, 6.07) is 5.60. The third kappa shape index (κ3) is 1.51. The second-order valence-electron chi connectivity index (χ2n) is 4.49. The van der Waals surface area contributed by atoms with E-state index in [1.54, 1.807) is 6.07 Å². The molecule has 1 atom stereocenters. The first kappa shape index (κ1) is 10.1. The van der Waals surface area contributed by atoms with Crippen LogP contribution in [-0.2, 0) is 5.54 Å². The van der Waals surface area contributed by atoms with Crippen LogP contribution in [0.5, 0.6) is 0 Å². The van der Waals surface area contributed by atoms with Crippen LogP contribution in [0, 0.1) is 0 Å². The van der Waals surface area contributed by atoms with Crippen molar-refractivity contribution in [1.29, 1.82) is 0 Å². The minimum absolute atomic E-state index is 0.0484. The van der Waals surface area contributed by atoms with E-state index in [1.807, 2.05) is 12.1 Å². The number of fused-ring (bicyclic) bond motifs is 1. The summed E-state index contributed by atoms with van der Waals surface area (Å²) in [6.45, 7) is 3.21. The summed E-state index contributed by atoms with van der Waals surface area (Å²) < 4.78 is 5.83. The molecule has 1 saturated heterocycles. The Hall–Kier alpha value is -1.06. The number of halogens is 1. The highest BCUT2D eigenvalue weighted by Crippen LogP contribution is 2.33. The molecule has 16 heavy (non-hydrogen) atoms. The first-order valence-corrected chi connectivity index (χ1v) is 5.87. The summed E-state index contributed by atoms with van der Waals surface area (Å²) in [7, 11) is 0. The minimum Gasteiger partial charge on any atom is -0.457 e. The second kappa shape index (κ2) is 3.47. The van der Waals surface area contributed by atoms with Gasteiger partial charge in [0.25, 0.3) is 0 Å². The Morgan fingerprint density at radius 1 is 1.50 bits per heavy atom. The predicted octanol–water partition coefficient (Wildman–Crippen LogP) is 3.08. The van der Waals surface area contributed by atoms with Crippen molar-refractivity contribution in [3.05, 3.63) is 29.1 Å². The zero-order valence-corrected chi connectivity index (χ0v) is 9.84. The number of rotatable bonds is 1. The minimum atomic E-state index is -0.0484. The molecule has 1 aliphatic rings. The van der Waals surface area contributed by atoms with Gasteiger partial charge in [-0.05, 0) is 38.4 Å². The van der Waals surface area contributed by atoms with Crippen LogP contribution in [-0.4, -0.2) is 11.5 Å². The van der Waals surface area contributed by atoms with Gasteiger partial charge in [-0.3, -0.25) is 0 Å².